The van der Waals surface area contributed by atoms with E-state index in [1.54, 1.807) is 13.0 Å². The van der Waals surface area contributed by atoms with Crippen molar-refractivity contribution in [3.8, 4) is 11.3 Å². The second-order valence-electron chi connectivity index (χ2n) is 6.73. The maximum absolute atomic E-state index is 12.3. The first-order chi connectivity index (χ1) is 13.5. The van der Waals surface area contributed by atoms with Crippen LogP contribution in [0.4, 0.5) is 5.69 Å². The minimum atomic E-state index is -0.473. The van der Waals surface area contributed by atoms with Crippen LogP contribution >= 0.6 is 0 Å². The molecule has 140 valence electrons. The summed E-state index contributed by atoms with van der Waals surface area (Å²) in [6.07, 6.45) is 3.11. The van der Waals surface area contributed by atoms with Crippen molar-refractivity contribution in [1.82, 2.24) is 0 Å². The average Bonchev–Trinajstić information content (AvgIpc) is 2.99. The van der Waals surface area contributed by atoms with E-state index in [0.29, 0.717) is 28.2 Å². The topological polar surface area (TPSA) is 72.5 Å². The molecule has 28 heavy (non-hydrogen) atoms. The van der Waals surface area contributed by atoms with Gasteiger partial charge in [-0.2, -0.15) is 0 Å². The highest BCUT2D eigenvalue weighted by Crippen LogP contribution is 2.41. The molecule has 4 aromatic rings. The van der Waals surface area contributed by atoms with Crippen LogP contribution in [0.1, 0.15) is 18.1 Å². The Kier molecular flexibility index (Phi) is 4.35. The van der Waals surface area contributed by atoms with Crippen LogP contribution in [0.3, 0.4) is 0 Å². The third kappa shape index (κ3) is 3.01. The number of allylic oxidation sites excluding steroid dienone is 1. The summed E-state index contributed by atoms with van der Waals surface area (Å²) in [5, 5.41) is 4.44. The Balaban J connectivity index is 2.07. The van der Waals surface area contributed by atoms with Crippen molar-refractivity contribution in [3.05, 3.63) is 76.2 Å². The van der Waals surface area contributed by atoms with Crippen molar-refractivity contribution < 1.29 is 13.6 Å². The van der Waals surface area contributed by atoms with E-state index in [1.165, 1.54) is 12.1 Å². The van der Waals surface area contributed by atoms with Gasteiger partial charge in [0, 0.05) is 22.4 Å². The van der Waals surface area contributed by atoms with Gasteiger partial charge in [-0.15, -0.1) is 0 Å². The predicted molar refractivity (Wildman–Crippen MR) is 111 cm³/mol. The molecular weight excluding hydrogens is 354 g/mol. The van der Waals surface area contributed by atoms with Crippen molar-refractivity contribution in [1.29, 1.82) is 0 Å². The molecule has 2 heterocycles. The number of benzene rings is 2. The Hall–Kier alpha value is -3.60. The van der Waals surface area contributed by atoms with Crippen LogP contribution in [0.2, 0.25) is 0 Å². The summed E-state index contributed by atoms with van der Waals surface area (Å²) in [7, 11) is 0. The first-order valence-electron chi connectivity index (χ1n) is 8.98. The predicted octanol–water partition coefficient (Wildman–Crippen LogP) is 5.34. The lowest BCUT2D eigenvalue weighted by Gasteiger charge is -2.09. The molecule has 0 unspecified atom stereocenters. The van der Waals surface area contributed by atoms with E-state index in [1.807, 2.05) is 50.2 Å². The Morgan fingerprint density at radius 3 is 2.61 bits per heavy atom. The van der Waals surface area contributed by atoms with Gasteiger partial charge in [0.1, 0.15) is 11.2 Å². The molecule has 0 aliphatic heterocycles. The molecule has 0 aliphatic carbocycles. The number of fused-ring (bicyclic) bond motifs is 2. The fourth-order valence-electron chi connectivity index (χ4n) is 3.54. The van der Waals surface area contributed by atoms with Crippen molar-refractivity contribution in [2.45, 2.75) is 20.8 Å². The third-order valence-corrected chi connectivity index (χ3v) is 4.59. The fraction of sp³-hybridized carbons (Fsp3) is 0.130. The summed E-state index contributed by atoms with van der Waals surface area (Å²) < 4.78 is 11.5. The summed E-state index contributed by atoms with van der Waals surface area (Å²) in [6.45, 7) is 5.68. The van der Waals surface area contributed by atoms with E-state index in [9.17, 15) is 9.59 Å². The molecule has 2 aromatic heterocycles. The highest BCUT2D eigenvalue weighted by atomic mass is 16.4. The Morgan fingerprint density at radius 2 is 1.82 bits per heavy atom. The van der Waals surface area contributed by atoms with Crippen LogP contribution in [0, 0.1) is 13.8 Å². The van der Waals surface area contributed by atoms with Crippen molar-refractivity contribution in [3.63, 3.8) is 0 Å². The maximum Gasteiger partial charge on any atom is 0.336 e. The zero-order chi connectivity index (χ0) is 19.8. The fourth-order valence-corrected chi connectivity index (χ4v) is 3.54. The lowest BCUT2D eigenvalue weighted by Crippen LogP contribution is -2.08. The largest absolute Gasteiger partial charge is 0.454 e. The molecule has 0 fully saturated rings. The lowest BCUT2D eigenvalue weighted by molar-refractivity contribution is -0.111. The normalized spacial score (nSPS) is 11.5. The molecule has 0 saturated heterocycles. The number of furan rings is 1. The molecule has 0 aliphatic rings. The molecule has 0 radical (unpaired) electrons. The number of aryl methyl sites for hydroxylation is 2. The first kappa shape index (κ1) is 17.8. The zero-order valence-electron chi connectivity index (χ0n) is 15.8. The number of carbonyl (C=O) groups excluding carboxylic acids is 1. The third-order valence-electron chi connectivity index (χ3n) is 4.59. The highest BCUT2D eigenvalue weighted by molar-refractivity contribution is 6.11. The standard InChI is InChI=1S/C23H19NO4/c1-4-7-19(25)24-22-15-8-5-6-9-17(15)28-23(22)16-12-20(26)27-18-11-13(2)10-14(3)21(16)18/h4-12H,1-3H3,(H,24,25)/b7-4+. The quantitative estimate of drug-likeness (QED) is 0.389. The monoisotopic (exact) mass is 373 g/mol. The smallest absolute Gasteiger partial charge is 0.336 e. The zero-order valence-corrected chi connectivity index (χ0v) is 15.8. The molecule has 0 bridgehead atoms. The van der Waals surface area contributed by atoms with Gasteiger partial charge in [-0.1, -0.05) is 24.3 Å². The SMILES string of the molecule is C/C=C/C(=O)Nc1c(-c2cc(=O)oc3cc(C)cc(C)c23)oc2ccccc12. The highest BCUT2D eigenvalue weighted by Gasteiger charge is 2.21. The number of hydrogen-bond donors (Lipinski definition) is 1. The molecule has 0 atom stereocenters. The summed E-state index contributed by atoms with van der Waals surface area (Å²) in [4.78, 5) is 24.5. The molecule has 2 aromatic carbocycles. The van der Waals surface area contributed by atoms with Crippen molar-refractivity contribution >= 4 is 33.5 Å². The van der Waals surface area contributed by atoms with Crippen LogP contribution < -0.4 is 10.9 Å². The molecule has 5 heteroatoms. The molecule has 5 nitrogen and oxygen atoms in total. The number of carbonyl (C=O) groups is 1. The molecule has 0 spiro atoms. The number of nitrogens with one attached hydrogen (secondary N) is 1. The second kappa shape index (κ2) is 6.85. The van der Waals surface area contributed by atoms with E-state index >= 15 is 0 Å². The summed E-state index contributed by atoms with van der Waals surface area (Å²) in [6, 6.07) is 12.7. The Morgan fingerprint density at radius 1 is 1.04 bits per heavy atom. The Labute approximate surface area is 161 Å². The van der Waals surface area contributed by atoms with Crippen molar-refractivity contribution in [2.75, 3.05) is 5.32 Å². The molecular formula is C23H19NO4. The molecule has 0 saturated carbocycles. The minimum absolute atomic E-state index is 0.268. The molecule has 1 amide bonds. The number of para-hydroxylation sites is 1. The van der Waals surface area contributed by atoms with E-state index in [2.05, 4.69) is 5.32 Å². The van der Waals surface area contributed by atoms with E-state index in [0.717, 1.165) is 21.9 Å². The van der Waals surface area contributed by atoms with Gasteiger partial charge in [0.15, 0.2) is 5.76 Å². The second-order valence-corrected chi connectivity index (χ2v) is 6.73. The van der Waals surface area contributed by atoms with E-state index < -0.39 is 5.63 Å². The number of rotatable bonds is 3. The summed E-state index contributed by atoms with van der Waals surface area (Å²) >= 11 is 0. The van der Waals surface area contributed by atoms with Gasteiger partial charge in [0.05, 0.1) is 5.69 Å². The van der Waals surface area contributed by atoms with Gasteiger partial charge in [0.25, 0.3) is 0 Å². The van der Waals surface area contributed by atoms with Crippen molar-refractivity contribution in [2.24, 2.45) is 0 Å². The molecule has 1 N–H and O–H groups in total. The van der Waals surface area contributed by atoms with Gasteiger partial charge >= 0.3 is 5.63 Å². The van der Waals surface area contributed by atoms with Gasteiger partial charge < -0.3 is 14.2 Å². The van der Waals surface area contributed by atoms with Crippen LogP contribution in [0.15, 0.2) is 68.2 Å². The minimum Gasteiger partial charge on any atom is -0.454 e. The Bertz CT molecular complexity index is 1310. The average molecular weight is 373 g/mol. The van der Waals surface area contributed by atoms with Gasteiger partial charge in [-0.05, 0) is 56.2 Å². The van der Waals surface area contributed by atoms with Gasteiger partial charge in [-0.25, -0.2) is 4.79 Å². The van der Waals surface area contributed by atoms with E-state index in [-0.39, 0.29) is 5.91 Å². The first-order valence-corrected chi connectivity index (χ1v) is 8.98. The van der Waals surface area contributed by atoms with E-state index in [4.69, 9.17) is 8.83 Å². The number of hydrogen-bond acceptors (Lipinski definition) is 4. The van der Waals surface area contributed by atoms with Crippen LogP contribution in [-0.2, 0) is 4.79 Å². The van der Waals surface area contributed by atoms with Gasteiger partial charge in [-0.3, -0.25) is 4.79 Å². The van der Waals surface area contributed by atoms with Crippen LogP contribution in [0.25, 0.3) is 33.3 Å². The van der Waals surface area contributed by atoms with Crippen LogP contribution in [-0.4, -0.2) is 5.91 Å². The molecule has 4 rings (SSSR count). The lowest BCUT2D eigenvalue weighted by atomic mass is 10.00. The van der Waals surface area contributed by atoms with Gasteiger partial charge in [0.2, 0.25) is 5.91 Å². The summed E-state index contributed by atoms with van der Waals surface area (Å²) in [5.74, 6) is 0.166. The maximum atomic E-state index is 12.3. The number of anilines is 1. The van der Waals surface area contributed by atoms with Crippen LogP contribution in [0.5, 0.6) is 0 Å². The summed E-state index contributed by atoms with van der Waals surface area (Å²) in [5.41, 5.74) is 3.72. The number of amides is 1.